The summed E-state index contributed by atoms with van der Waals surface area (Å²) in [6.45, 7) is 0. The van der Waals surface area contributed by atoms with Gasteiger partial charge in [0.15, 0.2) is 0 Å². The summed E-state index contributed by atoms with van der Waals surface area (Å²) in [5, 5.41) is 0. The molecule has 0 fully saturated rings. The van der Waals surface area contributed by atoms with Gasteiger partial charge in [-0.05, 0) is 23.7 Å². The Hall–Kier alpha value is -1.62. The lowest BCUT2D eigenvalue weighted by molar-refractivity contribution is 0.908. The van der Waals surface area contributed by atoms with E-state index in [1.54, 1.807) is 15.4 Å². The minimum Gasteiger partial charge on any atom is -0.249 e. The normalized spacial score (nSPS) is 11.5. The van der Waals surface area contributed by atoms with Crippen molar-refractivity contribution in [3.05, 3.63) is 34.7 Å². The van der Waals surface area contributed by atoms with Gasteiger partial charge in [0.25, 0.3) is 0 Å². The average molecular weight is 205 g/mol. The quantitative estimate of drug-likeness (QED) is 0.554. The molecule has 0 saturated heterocycles. The monoisotopic (exact) mass is 205 g/mol. The van der Waals surface area contributed by atoms with Gasteiger partial charge in [0.05, 0.1) is 11.0 Å². The van der Waals surface area contributed by atoms with E-state index in [9.17, 15) is 4.79 Å². The Morgan fingerprint density at radius 3 is 3.00 bits per heavy atom. The molecule has 0 aliphatic carbocycles. The fourth-order valence-electron chi connectivity index (χ4n) is 1.55. The number of aromatic nitrogens is 3. The van der Waals surface area contributed by atoms with Gasteiger partial charge < -0.3 is 0 Å². The number of aryl methyl sites for hydroxylation is 1. The van der Waals surface area contributed by atoms with Gasteiger partial charge >= 0.3 is 5.69 Å². The van der Waals surface area contributed by atoms with Gasteiger partial charge in [-0.25, -0.2) is 18.1 Å². The molecular formula is C9H7N3OS. The number of hydrogen-bond donors (Lipinski definition) is 0. The van der Waals surface area contributed by atoms with E-state index >= 15 is 0 Å². The van der Waals surface area contributed by atoms with E-state index in [4.69, 9.17) is 0 Å². The van der Waals surface area contributed by atoms with Gasteiger partial charge in [0.2, 0.25) is 4.96 Å². The number of fused-ring (bicyclic) bond motifs is 3. The lowest BCUT2D eigenvalue weighted by Gasteiger charge is -1.87. The van der Waals surface area contributed by atoms with Crippen molar-refractivity contribution in [2.45, 2.75) is 0 Å². The van der Waals surface area contributed by atoms with E-state index in [1.807, 2.05) is 24.3 Å². The molecular weight excluding hydrogens is 198 g/mol. The summed E-state index contributed by atoms with van der Waals surface area (Å²) in [5.41, 5.74) is 1.72. The highest BCUT2D eigenvalue weighted by Crippen LogP contribution is 2.16. The molecule has 0 radical (unpaired) electrons. The largest absolute Gasteiger partial charge is 0.344 e. The molecule has 0 spiro atoms. The predicted molar refractivity (Wildman–Crippen MR) is 55.8 cm³/mol. The predicted octanol–water partition coefficient (Wildman–Crippen LogP) is 1.25. The Balaban J connectivity index is 2.70. The standard InChI is InChI=1S/C9H7N3OS/c1-11-9(13)12-7-5-3-2-4-6(7)10-8(12)14-11/h2-5H,1H3. The van der Waals surface area contributed by atoms with Crippen LogP contribution in [-0.2, 0) is 7.05 Å². The third-order valence-electron chi connectivity index (χ3n) is 2.21. The van der Waals surface area contributed by atoms with Crippen molar-refractivity contribution in [1.82, 2.24) is 13.3 Å². The summed E-state index contributed by atoms with van der Waals surface area (Å²) in [5.74, 6) is 0. The summed E-state index contributed by atoms with van der Waals surface area (Å²) < 4.78 is 3.22. The molecule has 3 aromatic rings. The molecule has 0 N–H and O–H groups in total. The molecule has 14 heavy (non-hydrogen) atoms. The maximum absolute atomic E-state index is 11.7. The highest BCUT2D eigenvalue weighted by molar-refractivity contribution is 7.11. The lowest BCUT2D eigenvalue weighted by Crippen LogP contribution is -2.15. The second-order valence-corrected chi connectivity index (χ2v) is 4.19. The molecule has 0 atom stereocenters. The molecule has 0 saturated carbocycles. The molecule has 5 heteroatoms. The number of hydrogen-bond acceptors (Lipinski definition) is 3. The number of benzene rings is 1. The van der Waals surface area contributed by atoms with Crippen LogP contribution in [0, 0.1) is 0 Å². The first-order chi connectivity index (χ1) is 6.77. The first kappa shape index (κ1) is 7.75. The van der Waals surface area contributed by atoms with Crippen LogP contribution in [0.2, 0.25) is 0 Å². The van der Waals surface area contributed by atoms with Crippen LogP contribution < -0.4 is 5.69 Å². The zero-order valence-corrected chi connectivity index (χ0v) is 8.28. The van der Waals surface area contributed by atoms with Crippen molar-refractivity contribution in [3.8, 4) is 0 Å². The number of imidazole rings is 1. The van der Waals surface area contributed by atoms with E-state index in [1.165, 1.54) is 11.5 Å². The van der Waals surface area contributed by atoms with Crippen LogP contribution in [0.15, 0.2) is 29.1 Å². The lowest BCUT2D eigenvalue weighted by atomic mass is 10.3. The van der Waals surface area contributed by atoms with Crippen LogP contribution in [0.5, 0.6) is 0 Å². The highest BCUT2D eigenvalue weighted by Gasteiger charge is 2.09. The van der Waals surface area contributed by atoms with Crippen LogP contribution in [0.1, 0.15) is 0 Å². The van der Waals surface area contributed by atoms with E-state index in [0.717, 1.165) is 16.0 Å². The van der Waals surface area contributed by atoms with E-state index in [0.29, 0.717) is 0 Å². The molecule has 0 unspecified atom stereocenters. The van der Waals surface area contributed by atoms with E-state index < -0.39 is 0 Å². The van der Waals surface area contributed by atoms with Crippen molar-refractivity contribution in [2.24, 2.45) is 7.05 Å². The Kier molecular flexibility index (Phi) is 1.36. The van der Waals surface area contributed by atoms with Crippen molar-refractivity contribution in [3.63, 3.8) is 0 Å². The maximum Gasteiger partial charge on any atom is 0.344 e. The molecule has 0 bridgehead atoms. The topological polar surface area (TPSA) is 39.3 Å². The number of para-hydroxylation sites is 2. The number of rotatable bonds is 0. The zero-order chi connectivity index (χ0) is 9.71. The van der Waals surface area contributed by atoms with Crippen LogP contribution in [-0.4, -0.2) is 13.3 Å². The smallest absolute Gasteiger partial charge is 0.249 e. The summed E-state index contributed by atoms with van der Waals surface area (Å²) in [7, 11) is 1.75. The second kappa shape index (κ2) is 2.45. The van der Waals surface area contributed by atoms with Gasteiger partial charge in [0.1, 0.15) is 0 Å². The first-order valence-corrected chi connectivity index (χ1v) is 4.98. The molecule has 70 valence electrons. The molecule has 1 aromatic carbocycles. The van der Waals surface area contributed by atoms with Crippen LogP contribution >= 0.6 is 11.5 Å². The minimum absolute atomic E-state index is 0.0290. The van der Waals surface area contributed by atoms with Crippen LogP contribution in [0.3, 0.4) is 0 Å². The van der Waals surface area contributed by atoms with Crippen LogP contribution in [0.25, 0.3) is 16.0 Å². The van der Waals surface area contributed by atoms with Gasteiger partial charge in [0, 0.05) is 7.05 Å². The summed E-state index contributed by atoms with van der Waals surface area (Å²) in [6, 6.07) is 7.65. The fourth-order valence-corrected chi connectivity index (χ4v) is 2.35. The Bertz CT molecular complexity index is 676. The molecule has 0 aliphatic heterocycles. The highest BCUT2D eigenvalue weighted by atomic mass is 32.1. The van der Waals surface area contributed by atoms with Crippen molar-refractivity contribution < 1.29 is 0 Å². The van der Waals surface area contributed by atoms with E-state index in [2.05, 4.69) is 4.98 Å². The van der Waals surface area contributed by atoms with Gasteiger partial charge in [-0.2, -0.15) is 0 Å². The van der Waals surface area contributed by atoms with Gasteiger partial charge in [-0.1, -0.05) is 12.1 Å². The van der Waals surface area contributed by atoms with Gasteiger partial charge in [-0.3, -0.25) is 0 Å². The fraction of sp³-hybridized carbons (Fsp3) is 0.111. The van der Waals surface area contributed by atoms with Crippen molar-refractivity contribution >= 4 is 27.5 Å². The summed E-state index contributed by atoms with van der Waals surface area (Å²) in [4.78, 5) is 16.8. The minimum atomic E-state index is -0.0290. The van der Waals surface area contributed by atoms with Crippen molar-refractivity contribution in [1.29, 1.82) is 0 Å². The summed E-state index contributed by atoms with van der Waals surface area (Å²) >= 11 is 1.36. The van der Waals surface area contributed by atoms with Crippen molar-refractivity contribution in [2.75, 3.05) is 0 Å². The Labute approximate surface area is 83.2 Å². The molecule has 0 aliphatic rings. The number of nitrogens with zero attached hydrogens (tertiary/aromatic N) is 3. The molecule has 0 amide bonds. The van der Waals surface area contributed by atoms with Gasteiger partial charge in [-0.15, -0.1) is 0 Å². The Morgan fingerprint density at radius 1 is 1.36 bits per heavy atom. The molecule has 2 heterocycles. The maximum atomic E-state index is 11.7. The molecule has 4 nitrogen and oxygen atoms in total. The van der Waals surface area contributed by atoms with E-state index in [-0.39, 0.29) is 5.69 Å². The first-order valence-electron chi connectivity index (χ1n) is 4.21. The third-order valence-corrected chi connectivity index (χ3v) is 3.08. The Morgan fingerprint density at radius 2 is 2.14 bits per heavy atom. The second-order valence-electron chi connectivity index (χ2n) is 3.09. The molecule has 2 aromatic heterocycles. The SMILES string of the molecule is Cn1sc2nc3ccccc3n2c1=O. The van der Waals surface area contributed by atoms with Crippen LogP contribution in [0.4, 0.5) is 0 Å². The average Bonchev–Trinajstić information content (AvgIpc) is 2.65. The summed E-state index contributed by atoms with van der Waals surface area (Å²) in [6.07, 6.45) is 0. The zero-order valence-electron chi connectivity index (χ0n) is 7.47. The third kappa shape index (κ3) is 0.820. The molecule has 3 rings (SSSR count).